The van der Waals surface area contributed by atoms with Crippen LogP contribution in [0, 0.1) is 5.82 Å². The summed E-state index contributed by atoms with van der Waals surface area (Å²) in [5, 5.41) is 0. The van der Waals surface area contributed by atoms with Crippen molar-refractivity contribution in [3.05, 3.63) is 41.4 Å². The molecule has 0 aliphatic carbocycles. The summed E-state index contributed by atoms with van der Waals surface area (Å²) in [7, 11) is 1.44. The molecule has 17 heavy (non-hydrogen) atoms. The van der Waals surface area contributed by atoms with Crippen LogP contribution in [0.2, 0.25) is 0 Å². The van der Waals surface area contributed by atoms with E-state index in [0.717, 1.165) is 30.6 Å². The maximum absolute atomic E-state index is 13.3. The fraction of sp³-hybridized carbons (Fsp3) is 0.385. The van der Waals surface area contributed by atoms with Crippen LogP contribution >= 0.6 is 0 Å². The zero-order valence-electron chi connectivity index (χ0n) is 9.78. The summed E-state index contributed by atoms with van der Waals surface area (Å²) < 4.78 is 23.5. The second-order valence-electron chi connectivity index (χ2n) is 4.04. The van der Waals surface area contributed by atoms with Crippen molar-refractivity contribution in [2.45, 2.75) is 18.9 Å². The molecule has 4 heteroatoms. The number of hydrogen-bond acceptors (Lipinski definition) is 3. The topological polar surface area (TPSA) is 44.5 Å². The molecule has 0 spiro atoms. The van der Waals surface area contributed by atoms with Gasteiger partial charge in [0.2, 0.25) is 0 Å². The standard InChI is InChI=1S/C13H16FNO2/c1-16-12-7-9(4-5-11(12)14)13(15)10-3-2-6-17-8-10/h4-5,7-8,13H,2-3,6,15H2,1H3. The quantitative estimate of drug-likeness (QED) is 0.878. The summed E-state index contributed by atoms with van der Waals surface area (Å²) in [5.74, 6) is -0.160. The molecule has 0 radical (unpaired) electrons. The molecular formula is C13H16FNO2. The number of benzene rings is 1. The number of methoxy groups -OCH3 is 1. The molecule has 2 rings (SSSR count). The molecule has 1 heterocycles. The van der Waals surface area contributed by atoms with Gasteiger partial charge in [-0.25, -0.2) is 4.39 Å². The van der Waals surface area contributed by atoms with E-state index in [1.54, 1.807) is 18.4 Å². The van der Waals surface area contributed by atoms with Crippen LogP contribution in [0.3, 0.4) is 0 Å². The van der Waals surface area contributed by atoms with E-state index in [-0.39, 0.29) is 17.6 Å². The van der Waals surface area contributed by atoms with Gasteiger partial charge in [-0.2, -0.15) is 0 Å². The first-order chi connectivity index (χ1) is 8.22. The maximum Gasteiger partial charge on any atom is 0.165 e. The van der Waals surface area contributed by atoms with Gasteiger partial charge in [0, 0.05) is 0 Å². The Balaban J connectivity index is 2.24. The number of hydrogen-bond donors (Lipinski definition) is 1. The summed E-state index contributed by atoms with van der Waals surface area (Å²) in [6.07, 6.45) is 3.60. The molecule has 1 aromatic rings. The predicted octanol–water partition coefficient (Wildman–Crippen LogP) is 2.53. The van der Waals surface area contributed by atoms with Gasteiger partial charge >= 0.3 is 0 Å². The molecule has 0 saturated carbocycles. The Morgan fingerprint density at radius 2 is 2.29 bits per heavy atom. The minimum atomic E-state index is -0.377. The Hall–Kier alpha value is -1.55. The Morgan fingerprint density at radius 3 is 2.94 bits per heavy atom. The first-order valence-electron chi connectivity index (χ1n) is 5.62. The van der Waals surface area contributed by atoms with Crippen LogP contribution in [-0.2, 0) is 4.74 Å². The maximum atomic E-state index is 13.3. The molecule has 1 atom stereocenters. The molecule has 1 unspecified atom stereocenters. The van der Waals surface area contributed by atoms with Crippen molar-refractivity contribution >= 4 is 0 Å². The zero-order chi connectivity index (χ0) is 12.3. The molecule has 2 N–H and O–H groups in total. The molecule has 0 bridgehead atoms. The largest absolute Gasteiger partial charge is 0.501 e. The van der Waals surface area contributed by atoms with E-state index in [4.69, 9.17) is 15.2 Å². The molecule has 3 nitrogen and oxygen atoms in total. The van der Waals surface area contributed by atoms with Crippen LogP contribution in [0.1, 0.15) is 24.4 Å². The van der Waals surface area contributed by atoms with Gasteiger partial charge in [-0.05, 0) is 36.1 Å². The third-order valence-electron chi connectivity index (χ3n) is 2.90. The van der Waals surface area contributed by atoms with Gasteiger partial charge in [0.05, 0.1) is 26.0 Å². The Morgan fingerprint density at radius 1 is 1.47 bits per heavy atom. The van der Waals surface area contributed by atoms with E-state index >= 15 is 0 Å². The first-order valence-corrected chi connectivity index (χ1v) is 5.62. The van der Waals surface area contributed by atoms with Gasteiger partial charge in [-0.1, -0.05) is 6.07 Å². The molecule has 0 fully saturated rings. The molecule has 1 aliphatic heterocycles. The van der Waals surface area contributed by atoms with Crippen molar-refractivity contribution in [3.8, 4) is 5.75 Å². The average molecular weight is 237 g/mol. The van der Waals surface area contributed by atoms with Gasteiger partial charge in [0.1, 0.15) is 0 Å². The average Bonchev–Trinajstić information content (AvgIpc) is 2.39. The molecule has 0 aromatic heterocycles. The van der Waals surface area contributed by atoms with E-state index in [0.29, 0.717) is 0 Å². The number of halogens is 1. The highest BCUT2D eigenvalue weighted by molar-refractivity contribution is 5.35. The second-order valence-corrected chi connectivity index (χ2v) is 4.04. The fourth-order valence-electron chi connectivity index (χ4n) is 1.90. The van der Waals surface area contributed by atoms with Crippen LogP contribution in [0.15, 0.2) is 30.0 Å². The van der Waals surface area contributed by atoms with Gasteiger partial charge < -0.3 is 15.2 Å². The highest BCUT2D eigenvalue weighted by Gasteiger charge is 2.16. The Kier molecular flexibility index (Phi) is 3.64. The molecule has 0 amide bonds. The number of rotatable bonds is 3. The highest BCUT2D eigenvalue weighted by atomic mass is 19.1. The summed E-state index contributed by atoms with van der Waals surface area (Å²) in [6.45, 7) is 0.739. The third-order valence-corrected chi connectivity index (χ3v) is 2.90. The van der Waals surface area contributed by atoms with E-state index < -0.39 is 0 Å². The summed E-state index contributed by atoms with van der Waals surface area (Å²) in [4.78, 5) is 0. The molecule has 92 valence electrons. The molecule has 0 saturated heterocycles. The lowest BCUT2D eigenvalue weighted by Crippen LogP contribution is -2.16. The number of nitrogens with two attached hydrogens (primary N) is 1. The summed E-state index contributed by atoms with van der Waals surface area (Å²) >= 11 is 0. The van der Waals surface area contributed by atoms with E-state index in [9.17, 15) is 4.39 Å². The molecular weight excluding hydrogens is 221 g/mol. The van der Waals surface area contributed by atoms with Crippen molar-refractivity contribution in [1.29, 1.82) is 0 Å². The molecule has 1 aliphatic rings. The summed E-state index contributed by atoms with van der Waals surface area (Å²) in [5.41, 5.74) is 7.98. The smallest absolute Gasteiger partial charge is 0.165 e. The van der Waals surface area contributed by atoms with Crippen LogP contribution in [0.5, 0.6) is 5.75 Å². The van der Waals surface area contributed by atoms with E-state index in [1.807, 2.05) is 0 Å². The Bertz CT molecular complexity index is 431. The van der Waals surface area contributed by atoms with E-state index in [1.165, 1.54) is 13.2 Å². The fourth-order valence-corrected chi connectivity index (χ4v) is 1.90. The zero-order valence-corrected chi connectivity index (χ0v) is 9.78. The predicted molar refractivity (Wildman–Crippen MR) is 63.1 cm³/mol. The van der Waals surface area contributed by atoms with Crippen LogP contribution in [0.4, 0.5) is 4.39 Å². The van der Waals surface area contributed by atoms with E-state index in [2.05, 4.69) is 0 Å². The molecule has 1 aromatic carbocycles. The van der Waals surface area contributed by atoms with Gasteiger partial charge in [0.25, 0.3) is 0 Å². The highest BCUT2D eigenvalue weighted by Crippen LogP contribution is 2.28. The lowest BCUT2D eigenvalue weighted by Gasteiger charge is -2.20. The van der Waals surface area contributed by atoms with Crippen LogP contribution in [0.25, 0.3) is 0 Å². The second kappa shape index (κ2) is 5.19. The van der Waals surface area contributed by atoms with Gasteiger partial charge in [-0.3, -0.25) is 0 Å². The Labute approximate surface area is 100 Å². The van der Waals surface area contributed by atoms with Crippen molar-refractivity contribution in [2.24, 2.45) is 5.73 Å². The minimum absolute atomic E-state index is 0.218. The van der Waals surface area contributed by atoms with Crippen LogP contribution < -0.4 is 10.5 Å². The van der Waals surface area contributed by atoms with Gasteiger partial charge in [-0.15, -0.1) is 0 Å². The first kappa shape index (κ1) is 11.9. The monoisotopic (exact) mass is 237 g/mol. The third kappa shape index (κ3) is 2.58. The van der Waals surface area contributed by atoms with Crippen molar-refractivity contribution in [2.75, 3.05) is 13.7 Å². The van der Waals surface area contributed by atoms with Crippen molar-refractivity contribution in [3.63, 3.8) is 0 Å². The lowest BCUT2D eigenvalue weighted by atomic mass is 9.96. The minimum Gasteiger partial charge on any atom is -0.501 e. The van der Waals surface area contributed by atoms with Crippen molar-refractivity contribution in [1.82, 2.24) is 0 Å². The van der Waals surface area contributed by atoms with Crippen molar-refractivity contribution < 1.29 is 13.9 Å². The number of ether oxygens (including phenoxy) is 2. The van der Waals surface area contributed by atoms with Gasteiger partial charge in [0.15, 0.2) is 11.6 Å². The lowest BCUT2D eigenvalue weighted by molar-refractivity contribution is 0.221. The summed E-state index contributed by atoms with van der Waals surface area (Å²) in [6, 6.07) is 4.43. The normalized spacial score (nSPS) is 17.0. The SMILES string of the molecule is COc1cc(C(N)C2=COCCC2)ccc1F. The van der Waals surface area contributed by atoms with Crippen LogP contribution in [-0.4, -0.2) is 13.7 Å².